The number of hydrogen-bond donors (Lipinski definition) is 1. The number of aromatic nitrogens is 1. The standard InChI is InChI=1S/C13H12Br2ClN3/c1-19(13-11(15)5-9(14)6-18-13)7-8-4-10(17)2-3-12(8)16/h2-6H,7,17H2,1H3. The molecule has 0 spiro atoms. The first kappa shape index (κ1) is 14.6. The average Bonchev–Trinajstić information content (AvgIpc) is 2.33. The van der Waals surface area contributed by atoms with E-state index in [1.165, 1.54) is 0 Å². The Morgan fingerprint density at radius 3 is 2.74 bits per heavy atom. The Kier molecular flexibility index (Phi) is 4.71. The molecule has 1 aromatic heterocycles. The van der Waals surface area contributed by atoms with Gasteiger partial charge in [-0.15, -0.1) is 0 Å². The van der Waals surface area contributed by atoms with Crippen molar-refractivity contribution < 1.29 is 0 Å². The lowest BCUT2D eigenvalue weighted by atomic mass is 10.2. The van der Waals surface area contributed by atoms with Gasteiger partial charge in [-0.05, 0) is 61.7 Å². The molecule has 2 aromatic rings. The lowest BCUT2D eigenvalue weighted by molar-refractivity contribution is 0.894. The molecule has 2 rings (SSSR count). The van der Waals surface area contributed by atoms with Crippen LogP contribution in [0.2, 0.25) is 5.02 Å². The molecule has 19 heavy (non-hydrogen) atoms. The maximum absolute atomic E-state index is 6.17. The molecular weight excluding hydrogens is 393 g/mol. The van der Waals surface area contributed by atoms with Crippen LogP contribution in [-0.2, 0) is 6.54 Å². The van der Waals surface area contributed by atoms with Crippen molar-refractivity contribution in [2.75, 3.05) is 17.7 Å². The quantitative estimate of drug-likeness (QED) is 0.766. The number of halogens is 3. The van der Waals surface area contributed by atoms with Crippen LogP contribution in [-0.4, -0.2) is 12.0 Å². The van der Waals surface area contributed by atoms with Crippen molar-refractivity contribution in [3.05, 3.63) is 50.0 Å². The Bertz CT molecular complexity index is 604. The molecule has 0 saturated heterocycles. The molecule has 1 aromatic carbocycles. The summed E-state index contributed by atoms with van der Waals surface area (Å²) in [5.74, 6) is 0.849. The highest BCUT2D eigenvalue weighted by atomic mass is 79.9. The fourth-order valence-corrected chi connectivity index (χ4v) is 3.20. The molecule has 6 heteroatoms. The van der Waals surface area contributed by atoms with E-state index in [0.717, 1.165) is 20.3 Å². The summed E-state index contributed by atoms with van der Waals surface area (Å²) in [6, 6.07) is 7.44. The summed E-state index contributed by atoms with van der Waals surface area (Å²) in [6.45, 7) is 0.636. The van der Waals surface area contributed by atoms with Gasteiger partial charge in [0, 0.05) is 35.0 Å². The van der Waals surface area contributed by atoms with E-state index in [2.05, 4.69) is 36.8 Å². The molecule has 0 bridgehead atoms. The summed E-state index contributed by atoms with van der Waals surface area (Å²) < 4.78 is 1.85. The van der Waals surface area contributed by atoms with E-state index in [-0.39, 0.29) is 0 Å². The highest BCUT2D eigenvalue weighted by molar-refractivity contribution is 9.11. The van der Waals surface area contributed by atoms with Crippen molar-refractivity contribution >= 4 is 55.0 Å². The fourth-order valence-electron chi connectivity index (χ4n) is 1.73. The zero-order valence-corrected chi connectivity index (χ0v) is 14.1. The second-order valence-electron chi connectivity index (χ2n) is 4.17. The average molecular weight is 406 g/mol. The second kappa shape index (κ2) is 6.11. The third-order valence-corrected chi connectivity index (χ3v) is 4.01. The van der Waals surface area contributed by atoms with Gasteiger partial charge in [0.15, 0.2) is 0 Å². The zero-order valence-electron chi connectivity index (χ0n) is 10.2. The maximum Gasteiger partial charge on any atom is 0.142 e. The Labute approximate surface area is 134 Å². The molecule has 0 radical (unpaired) electrons. The van der Waals surface area contributed by atoms with Gasteiger partial charge in [0.05, 0.1) is 4.47 Å². The van der Waals surface area contributed by atoms with Crippen LogP contribution in [0, 0.1) is 0 Å². The van der Waals surface area contributed by atoms with Gasteiger partial charge in [0.1, 0.15) is 5.82 Å². The monoisotopic (exact) mass is 403 g/mol. The lowest BCUT2D eigenvalue weighted by Gasteiger charge is -2.20. The van der Waals surface area contributed by atoms with Crippen LogP contribution >= 0.6 is 43.5 Å². The van der Waals surface area contributed by atoms with Crippen LogP contribution in [0.4, 0.5) is 11.5 Å². The molecule has 0 atom stereocenters. The first-order valence-electron chi connectivity index (χ1n) is 5.53. The van der Waals surface area contributed by atoms with Gasteiger partial charge in [0.25, 0.3) is 0 Å². The van der Waals surface area contributed by atoms with Gasteiger partial charge < -0.3 is 10.6 Å². The van der Waals surface area contributed by atoms with E-state index in [9.17, 15) is 0 Å². The minimum atomic E-state index is 0.636. The van der Waals surface area contributed by atoms with Crippen LogP contribution in [0.5, 0.6) is 0 Å². The van der Waals surface area contributed by atoms with Gasteiger partial charge in [-0.3, -0.25) is 0 Å². The first-order valence-corrected chi connectivity index (χ1v) is 7.50. The number of nitrogens with two attached hydrogens (primary N) is 1. The molecule has 0 aliphatic rings. The summed E-state index contributed by atoms with van der Waals surface area (Å²) >= 11 is 13.1. The smallest absolute Gasteiger partial charge is 0.142 e. The molecule has 0 aliphatic heterocycles. The summed E-state index contributed by atoms with van der Waals surface area (Å²) in [7, 11) is 1.96. The predicted molar refractivity (Wildman–Crippen MR) is 87.6 cm³/mol. The normalized spacial score (nSPS) is 10.5. The highest BCUT2D eigenvalue weighted by Crippen LogP contribution is 2.28. The molecule has 3 nitrogen and oxygen atoms in total. The number of nitrogens with zero attached hydrogens (tertiary/aromatic N) is 2. The topological polar surface area (TPSA) is 42.1 Å². The van der Waals surface area contributed by atoms with Crippen molar-refractivity contribution in [3.63, 3.8) is 0 Å². The van der Waals surface area contributed by atoms with Crippen molar-refractivity contribution in [3.8, 4) is 0 Å². The van der Waals surface area contributed by atoms with Crippen molar-refractivity contribution in [2.24, 2.45) is 0 Å². The third kappa shape index (κ3) is 3.61. The molecule has 0 unspecified atom stereocenters. The van der Waals surface area contributed by atoms with Gasteiger partial charge in [-0.2, -0.15) is 0 Å². The first-order chi connectivity index (χ1) is 8.97. The van der Waals surface area contributed by atoms with E-state index < -0.39 is 0 Å². The van der Waals surface area contributed by atoms with Gasteiger partial charge in [-0.25, -0.2) is 4.98 Å². The van der Waals surface area contributed by atoms with E-state index in [4.69, 9.17) is 17.3 Å². The van der Waals surface area contributed by atoms with Crippen molar-refractivity contribution in [1.29, 1.82) is 0 Å². The number of nitrogen functional groups attached to an aromatic ring is 1. The van der Waals surface area contributed by atoms with Gasteiger partial charge in [0.2, 0.25) is 0 Å². The van der Waals surface area contributed by atoms with Crippen molar-refractivity contribution in [1.82, 2.24) is 4.98 Å². The van der Waals surface area contributed by atoms with Crippen LogP contribution in [0.3, 0.4) is 0 Å². The fraction of sp³-hybridized carbons (Fsp3) is 0.154. The van der Waals surface area contributed by atoms with Gasteiger partial charge in [-0.1, -0.05) is 11.6 Å². The van der Waals surface area contributed by atoms with E-state index in [1.807, 2.05) is 30.1 Å². The summed E-state index contributed by atoms with van der Waals surface area (Å²) in [4.78, 5) is 6.39. The van der Waals surface area contributed by atoms with Crippen LogP contribution in [0.25, 0.3) is 0 Å². The van der Waals surface area contributed by atoms with E-state index in [1.54, 1.807) is 12.3 Å². The Morgan fingerprint density at radius 2 is 2.05 bits per heavy atom. The molecule has 1 heterocycles. The van der Waals surface area contributed by atoms with E-state index >= 15 is 0 Å². The Balaban J connectivity index is 2.25. The molecule has 0 saturated carbocycles. The minimum Gasteiger partial charge on any atom is -0.399 e. The molecule has 2 N–H and O–H groups in total. The number of hydrogen-bond acceptors (Lipinski definition) is 3. The third-order valence-electron chi connectivity index (χ3n) is 2.63. The highest BCUT2D eigenvalue weighted by Gasteiger charge is 2.10. The molecule has 0 amide bonds. The Hall–Kier alpha value is -0.780. The number of benzene rings is 1. The predicted octanol–water partition coefficient (Wildman–Crippen LogP) is 4.48. The molecule has 0 fully saturated rings. The van der Waals surface area contributed by atoms with E-state index in [0.29, 0.717) is 17.3 Å². The molecule has 100 valence electrons. The second-order valence-corrected chi connectivity index (χ2v) is 6.34. The molecular formula is C13H12Br2ClN3. The van der Waals surface area contributed by atoms with Crippen LogP contribution in [0.1, 0.15) is 5.56 Å². The van der Waals surface area contributed by atoms with Crippen LogP contribution in [0.15, 0.2) is 39.4 Å². The lowest BCUT2D eigenvalue weighted by Crippen LogP contribution is -2.18. The summed E-state index contributed by atoms with van der Waals surface area (Å²) in [5, 5.41) is 0.703. The van der Waals surface area contributed by atoms with Crippen molar-refractivity contribution in [2.45, 2.75) is 6.54 Å². The maximum atomic E-state index is 6.17. The summed E-state index contributed by atoms with van der Waals surface area (Å²) in [6.07, 6.45) is 1.76. The largest absolute Gasteiger partial charge is 0.399 e. The minimum absolute atomic E-state index is 0.636. The zero-order chi connectivity index (χ0) is 14.0. The number of rotatable bonds is 3. The van der Waals surface area contributed by atoms with Crippen LogP contribution < -0.4 is 10.6 Å². The molecule has 0 aliphatic carbocycles. The van der Waals surface area contributed by atoms with Gasteiger partial charge >= 0.3 is 0 Å². The number of pyridine rings is 1. The summed E-state index contributed by atoms with van der Waals surface area (Å²) in [5.41, 5.74) is 7.46. The number of anilines is 2. The Morgan fingerprint density at radius 1 is 1.32 bits per heavy atom. The SMILES string of the molecule is CN(Cc1cc(N)ccc1Cl)c1ncc(Br)cc1Br.